The molecule has 4 saturated carbocycles. The van der Waals surface area contributed by atoms with Crippen LogP contribution in [0.15, 0.2) is 0 Å². The van der Waals surface area contributed by atoms with Gasteiger partial charge in [-0.3, -0.25) is 0 Å². The average molecular weight is 367 g/mol. The summed E-state index contributed by atoms with van der Waals surface area (Å²) in [4.78, 5) is 0. The molecule has 7 atom stereocenters. The molecule has 5 aliphatic rings. The van der Waals surface area contributed by atoms with Gasteiger partial charge < -0.3 is 5.11 Å². The molecule has 1 N–H and O–H groups in total. The first-order chi connectivity index (χ1) is 11.5. The van der Waals surface area contributed by atoms with Crippen LogP contribution in [-0.4, -0.2) is 26.8 Å². The predicted molar refractivity (Wildman–Crippen MR) is 105 cm³/mol. The number of rotatable bonds is 0. The normalized spacial score (nSPS) is 55.9. The first kappa shape index (κ1) is 16.8. The Kier molecular flexibility index (Phi) is 3.91. The number of fused-ring (bicyclic) bond motifs is 6. The van der Waals surface area contributed by atoms with E-state index in [0.717, 1.165) is 36.5 Å². The van der Waals surface area contributed by atoms with E-state index in [-0.39, 0.29) is 6.10 Å². The van der Waals surface area contributed by atoms with Crippen molar-refractivity contribution in [1.29, 1.82) is 0 Å². The topological polar surface area (TPSA) is 20.2 Å². The van der Waals surface area contributed by atoms with Crippen LogP contribution in [0.4, 0.5) is 0 Å². The summed E-state index contributed by atoms with van der Waals surface area (Å²) >= 11 is 4.66. The summed E-state index contributed by atoms with van der Waals surface area (Å²) in [5.74, 6) is 6.50. The zero-order valence-electron chi connectivity index (χ0n) is 15.4. The Morgan fingerprint density at radius 3 is 2.38 bits per heavy atom. The van der Waals surface area contributed by atoms with Gasteiger partial charge in [-0.1, -0.05) is 13.8 Å². The highest BCUT2D eigenvalue weighted by atomic mass is 32.2. The summed E-state index contributed by atoms with van der Waals surface area (Å²) in [6.45, 7) is 5.30. The van der Waals surface area contributed by atoms with E-state index in [2.05, 4.69) is 37.4 Å². The van der Waals surface area contributed by atoms with Crippen LogP contribution in [0.1, 0.15) is 71.6 Å². The zero-order valence-corrected chi connectivity index (χ0v) is 17.1. The van der Waals surface area contributed by atoms with Gasteiger partial charge in [0.05, 0.1) is 10.2 Å². The molecule has 0 aromatic carbocycles. The van der Waals surface area contributed by atoms with Crippen molar-refractivity contribution in [2.24, 2.45) is 34.5 Å². The minimum Gasteiger partial charge on any atom is -0.393 e. The molecule has 1 heterocycles. The van der Waals surface area contributed by atoms with Gasteiger partial charge in [0.25, 0.3) is 0 Å². The summed E-state index contributed by atoms with van der Waals surface area (Å²) in [5, 5.41) is 10.2. The van der Waals surface area contributed by atoms with E-state index in [1.165, 1.54) is 56.5 Å². The lowest BCUT2D eigenvalue weighted by Gasteiger charge is -2.61. The largest absolute Gasteiger partial charge is 0.393 e. The van der Waals surface area contributed by atoms with Crippen molar-refractivity contribution >= 4 is 23.5 Å². The minimum atomic E-state index is -0.00507. The third kappa shape index (κ3) is 2.07. The quantitative estimate of drug-likeness (QED) is 0.605. The molecular weight excluding hydrogens is 332 g/mol. The minimum absolute atomic E-state index is 0.00507. The number of aliphatic hydroxyl groups excluding tert-OH is 1. The first-order valence-corrected chi connectivity index (χ1v) is 12.4. The van der Waals surface area contributed by atoms with Crippen LogP contribution in [0.5, 0.6) is 0 Å². The van der Waals surface area contributed by atoms with E-state index < -0.39 is 0 Å². The van der Waals surface area contributed by atoms with Crippen molar-refractivity contribution in [3.8, 4) is 0 Å². The molecule has 4 aliphatic carbocycles. The van der Waals surface area contributed by atoms with Crippen molar-refractivity contribution in [2.45, 2.75) is 81.8 Å². The Labute approximate surface area is 156 Å². The van der Waals surface area contributed by atoms with Crippen LogP contribution < -0.4 is 0 Å². The molecule has 5 fully saturated rings. The third-order valence-electron chi connectivity index (χ3n) is 9.44. The number of aliphatic hydroxyl groups is 1. The van der Waals surface area contributed by atoms with E-state index in [1.54, 1.807) is 0 Å². The summed E-state index contributed by atoms with van der Waals surface area (Å²) in [5.41, 5.74) is 1.13. The van der Waals surface area contributed by atoms with E-state index in [4.69, 9.17) is 0 Å². The van der Waals surface area contributed by atoms with Crippen molar-refractivity contribution in [3.63, 3.8) is 0 Å². The van der Waals surface area contributed by atoms with Gasteiger partial charge in [-0.25, -0.2) is 0 Å². The van der Waals surface area contributed by atoms with Gasteiger partial charge in [-0.05, 0) is 92.3 Å². The second-order valence-electron chi connectivity index (χ2n) is 10.0. The molecular formula is C21H34OS2. The highest BCUT2D eigenvalue weighted by Crippen LogP contribution is 2.74. The van der Waals surface area contributed by atoms with Crippen LogP contribution in [0.2, 0.25) is 0 Å². The van der Waals surface area contributed by atoms with E-state index >= 15 is 0 Å². The molecule has 0 radical (unpaired) electrons. The summed E-state index contributed by atoms with van der Waals surface area (Å²) in [6.07, 6.45) is 12.2. The van der Waals surface area contributed by atoms with Gasteiger partial charge in [0, 0.05) is 11.5 Å². The lowest BCUT2D eigenvalue weighted by atomic mass is 9.45. The number of hydrogen-bond donors (Lipinski definition) is 1. The van der Waals surface area contributed by atoms with Crippen LogP contribution in [-0.2, 0) is 0 Å². The van der Waals surface area contributed by atoms with Crippen molar-refractivity contribution < 1.29 is 5.11 Å². The number of thioether (sulfide) groups is 2. The molecule has 1 aliphatic heterocycles. The molecule has 1 saturated heterocycles. The van der Waals surface area contributed by atoms with Gasteiger partial charge >= 0.3 is 0 Å². The van der Waals surface area contributed by atoms with Crippen LogP contribution in [0, 0.1) is 34.5 Å². The van der Waals surface area contributed by atoms with E-state index in [0.29, 0.717) is 14.9 Å². The highest BCUT2D eigenvalue weighted by Gasteiger charge is 2.65. The van der Waals surface area contributed by atoms with Crippen LogP contribution in [0.25, 0.3) is 0 Å². The molecule has 1 spiro atoms. The third-order valence-corrected chi connectivity index (χ3v) is 13.5. The second kappa shape index (κ2) is 5.58. The lowest BCUT2D eigenvalue weighted by molar-refractivity contribution is -0.121. The fraction of sp³-hybridized carbons (Fsp3) is 1.00. The van der Waals surface area contributed by atoms with Gasteiger partial charge in [-0.2, -0.15) is 0 Å². The molecule has 1 unspecified atom stereocenters. The molecule has 0 bridgehead atoms. The SMILES string of the molecule is C[C@]12CCC(O)C[C@@H]1CC[C@@H]1[C@@H]2CC[C@@]2(C)[C@H]1CCC21SCCS1. The Hall–Kier alpha value is 0.660. The van der Waals surface area contributed by atoms with Crippen molar-refractivity contribution in [3.05, 3.63) is 0 Å². The molecule has 0 amide bonds. The zero-order chi connectivity index (χ0) is 16.6. The summed E-state index contributed by atoms with van der Waals surface area (Å²) in [6, 6.07) is 0. The Morgan fingerprint density at radius 2 is 1.58 bits per heavy atom. The molecule has 0 aromatic heterocycles. The van der Waals surface area contributed by atoms with E-state index in [9.17, 15) is 5.11 Å². The van der Waals surface area contributed by atoms with Crippen molar-refractivity contribution in [2.75, 3.05) is 11.5 Å². The number of hydrogen-bond acceptors (Lipinski definition) is 3. The molecule has 0 aromatic rings. The fourth-order valence-electron chi connectivity index (χ4n) is 8.12. The highest BCUT2D eigenvalue weighted by molar-refractivity contribution is 8.21. The molecule has 136 valence electrons. The summed E-state index contributed by atoms with van der Waals surface area (Å²) in [7, 11) is 0. The standard InChI is InChI=1S/C21H34OS2/c1-19-8-5-15(22)13-14(19)3-4-16-17(19)6-9-20(2)18(16)7-10-21(20)23-11-12-24-21/h14-18,22H,3-13H2,1-2H3/t14-,15?,16+,17-,18-,19-,20-/m0/s1. The van der Waals surface area contributed by atoms with Crippen LogP contribution >= 0.6 is 23.5 Å². The average Bonchev–Trinajstić information content (AvgIpc) is 3.15. The van der Waals surface area contributed by atoms with Crippen molar-refractivity contribution in [1.82, 2.24) is 0 Å². The fourth-order valence-corrected chi connectivity index (χ4v) is 12.0. The second-order valence-corrected chi connectivity index (χ2v) is 13.1. The van der Waals surface area contributed by atoms with Gasteiger partial charge in [0.2, 0.25) is 0 Å². The van der Waals surface area contributed by atoms with E-state index in [1.807, 2.05) is 0 Å². The lowest BCUT2D eigenvalue weighted by Crippen LogP contribution is -2.55. The van der Waals surface area contributed by atoms with Crippen LogP contribution in [0.3, 0.4) is 0 Å². The maximum Gasteiger partial charge on any atom is 0.0667 e. The van der Waals surface area contributed by atoms with Gasteiger partial charge in [-0.15, -0.1) is 23.5 Å². The predicted octanol–water partition coefficient (Wildman–Crippen LogP) is 5.57. The van der Waals surface area contributed by atoms with Gasteiger partial charge in [0.15, 0.2) is 0 Å². The molecule has 1 nitrogen and oxygen atoms in total. The van der Waals surface area contributed by atoms with Gasteiger partial charge in [0.1, 0.15) is 0 Å². The Morgan fingerprint density at radius 1 is 0.833 bits per heavy atom. The first-order valence-electron chi connectivity index (χ1n) is 10.4. The smallest absolute Gasteiger partial charge is 0.0667 e. The maximum absolute atomic E-state index is 10.2. The summed E-state index contributed by atoms with van der Waals surface area (Å²) < 4.78 is 0.573. The maximum atomic E-state index is 10.2. The monoisotopic (exact) mass is 366 g/mol. The molecule has 3 heteroatoms. The molecule has 24 heavy (non-hydrogen) atoms. The Balaban J connectivity index is 1.45. The Bertz CT molecular complexity index is 516. The molecule has 5 rings (SSSR count).